The van der Waals surface area contributed by atoms with Crippen LogP contribution in [0.5, 0.6) is 0 Å². The fourth-order valence-corrected chi connectivity index (χ4v) is 6.01. The van der Waals surface area contributed by atoms with Crippen LogP contribution in [0.25, 0.3) is 0 Å². The van der Waals surface area contributed by atoms with Crippen LogP contribution in [0.1, 0.15) is 48.0 Å². The second-order valence-electron chi connectivity index (χ2n) is 8.50. The molecule has 0 N–H and O–H groups in total. The summed E-state index contributed by atoms with van der Waals surface area (Å²) in [7, 11) is 1.76. The van der Waals surface area contributed by atoms with Gasteiger partial charge in [0, 0.05) is 28.3 Å². The summed E-state index contributed by atoms with van der Waals surface area (Å²) in [4.78, 5) is 30.9. The molecule has 2 fully saturated rings. The highest BCUT2D eigenvalue weighted by atomic mass is 79.9. The summed E-state index contributed by atoms with van der Waals surface area (Å²) in [5.41, 5.74) is 0.797. The molecule has 5 nitrogen and oxygen atoms in total. The summed E-state index contributed by atoms with van der Waals surface area (Å²) < 4.78 is 7.15. The third-order valence-electron chi connectivity index (χ3n) is 6.85. The molecule has 31 heavy (non-hydrogen) atoms. The molecule has 7 heteroatoms. The fraction of sp³-hybridized carbons (Fsp3) is 0.375. The van der Waals surface area contributed by atoms with E-state index in [2.05, 4.69) is 15.9 Å². The van der Waals surface area contributed by atoms with Crippen molar-refractivity contribution in [3.05, 3.63) is 64.1 Å². The Morgan fingerprint density at radius 2 is 1.77 bits per heavy atom. The molecule has 0 bridgehead atoms. The van der Waals surface area contributed by atoms with E-state index in [0.717, 1.165) is 41.4 Å². The Kier molecular flexibility index (Phi) is 5.13. The zero-order valence-electron chi connectivity index (χ0n) is 17.2. The molecule has 0 radical (unpaired) electrons. The molecule has 1 spiro atoms. The normalized spacial score (nSPS) is 25.8. The van der Waals surface area contributed by atoms with E-state index >= 15 is 0 Å². The molecule has 5 rings (SSSR count). The van der Waals surface area contributed by atoms with Crippen molar-refractivity contribution in [1.29, 1.82) is 0 Å². The third-order valence-corrected chi connectivity index (χ3v) is 7.66. The monoisotopic (exact) mass is 498 g/mol. The first-order chi connectivity index (χ1) is 15.0. The molecule has 2 heterocycles. The van der Waals surface area contributed by atoms with Crippen molar-refractivity contribution in [1.82, 2.24) is 4.90 Å². The molecule has 2 aromatic rings. The topological polar surface area (TPSA) is 49.9 Å². The largest absolute Gasteiger partial charge is 0.463 e. The van der Waals surface area contributed by atoms with E-state index < -0.39 is 11.6 Å². The lowest BCUT2D eigenvalue weighted by Crippen LogP contribution is -2.58. The van der Waals surface area contributed by atoms with Crippen LogP contribution in [0.2, 0.25) is 0 Å². The van der Waals surface area contributed by atoms with Gasteiger partial charge in [-0.15, -0.1) is 0 Å². The highest BCUT2D eigenvalue weighted by molar-refractivity contribution is 9.10. The number of benzene rings is 2. The Balaban J connectivity index is 1.70. The van der Waals surface area contributed by atoms with Crippen molar-refractivity contribution in [2.45, 2.75) is 43.7 Å². The van der Waals surface area contributed by atoms with Crippen LogP contribution >= 0.6 is 28.1 Å². The standard InChI is InChI=1S/C24H23BrN2O3S/c1-26-19-10-6-5-9-18(19)24(22(26)29)20(15-7-3-2-4-8-15)30-23(31)27(24)21(28)16-11-13-17(25)14-12-16/h5-6,9-15,20H,2-4,7-8H2,1H3/t20-,24+/m0/s1. The minimum atomic E-state index is -1.27. The second-order valence-corrected chi connectivity index (χ2v) is 9.76. The number of thiocarbonyl (C=S) groups is 1. The van der Waals surface area contributed by atoms with E-state index in [0.29, 0.717) is 5.56 Å². The fourth-order valence-electron chi connectivity index (χ4n) is 5.42. The van der Waals surface area contributed by atoms with E-state index in [-0.39, 0.29) is 22.9 Å². The van der Waals surface area contributed by atoms with E-state index in [1.165, 1.54) is 11.3 Å². The number of carbonyl (C=O) groups is 2. The highest BCUT2D eigenvalue weighted by Gasteiger charge is 2.68. The van der Waals surface area contributed by atoms with E-state index in [1.807, 2.05) is 36.4 Å². The van der Waals surface area contributed by atoms with E-state index in [9.17, 15) is 9.59 Å². The number of likely N-dealkylation sites (N-methyl/N-ethyl adjacent to an activating group) is 1. The SMILES string of the molecule is CN1C(=O)[C@@]2(c3ccccc31)[C@H](C1CCCCC1)OC(=S)N2C(=O)c1ccc(Br)cc1. The lowest BCUT2D eigenvalue weighted by molar-refractivity contribution is -0.130. The van der Waals surface area contributed by atoms with Gasteiger partial charge in [0.05, 0.1) is 0 Å². The number of nitrogens with zero attached hydrogens (tertiary/aromatic N) is 2. The Bertz CT molecular complexity index is 1070. The van der Waals surface area contributed by atoms with Crippen LogP contribution in [0, 0.1) is 5.92 Å². The maximum atomic E-state index is 14.0. The zero-order chi connectivity index (χ0) is 21.8. The van der Waals surface area contributed by atoms with Crippen LogP contribution < -0.4 is 4.90 Å². The molecular formula is C24H23BrN2O3S. The van der Waals surface area contributed by atoms with Gasteiger partial charge in [0.25, 0.3) is 17.0 Å². The van der Waals surface area contributed by atoms with Gasteiger partial charge in [0.2, 0.25) is 0 Å². The molecular weight excluding hydrogens is 476 g/mol. The van der Waals surface area contributed by atoms with Crippen LogP contribution in [0.15, 0.2) is 53.0 Å². The zero-order valence-corrected chi connectivity index (χ0v) is 19.6. The van der Waals surface area contributed by atoms with Gasteiger partial charge in [-0.2, -0.15) is 0 Å². The van der Waals surface area contributed by atoms with Crippen LogP contribution in [-0.2, 0) is 15.1 Å². The number of para-hydroxylation sites is 1. The summed E-state index contributed by atoms with van der Waals surface area (Å²) >= 11 is 9.04. The quantitative estimate of drug-likeness (QED) is 0.545. The molecule has 2 aliphatic heterocycles. The number of hydrogen-bond donors (Lipinski definition) is 0. The average Bonchev–Trinajstić information content (AvgIpc) is 3.22. The van der Waals surface area contributed by atoms with Gasteiger partial charge < -0.3 is 9.64 Å². The van der Waals surface area contributed by atoms with Gasteiger partial charge >= 0.3 is 0 Å². The predicted octanol–water partition coefficient (Wildman–Crippen LogP) is 5.03. The van der Waals surface area contributed by atoms with E-state index in [4.69, 9.17) is 17.0 Å². The van der Waals surface area contributed by atoms with Crippen molar-refractivity contribution in [3.8, 4) is 0 Å². The van der Waals surface area contributed by atoms with Crippen LogP contribution in [0.4, 0.5) is 5.69 Å². The molecule has 1 saturated heterocycles. The number of halogens is 1. The molecule has 160 valence electrons. The number of amides is 2. The van der Waals surface area contributed by atoms with Crippen LogP contribution in [-0.4, -0.2) is 35.0 Å². The smallest absolute Gasteiger partial charge is 0.268 e. The third kappa shape index (κ3) is 2.97. The highest BCUT2D eigenvalue weighted by Crippen LogP contribution is 2.54. The lowest BCUT2D eigenvalue weighted by atomic mass is 9.73. The summed E-state index contributed by atoms with van der Waals surface area (Å²) in [6.07, 6.45) is 4.83. The van der Waals surface area contributed by atoms with E-state index in [1.54, 1.807) is 24.1 Å². The Hall–Kier alpha value is -2.25. The molecule has 2 amide bonds. The summed E-state index contributed by atoms with van der Waals surface area (Å²) in [6, 6.07) is 14.8. The maximum Gasteiger partial charge on any atom is 0.268 e. The number of hydrogen-bond acceptors (Lipinski definition) is 4. The van der Waals surface area contributed by atoms with Gasteiger partial charge in [-0.3, -0.25) is 9.59 Å². The molecule has 2 atom stereocenters. The minimum Gasteiger partial charge on any atom is -0.463 e. The van der Waals surface area contributed by atoms with Crippen molar-refractivity contribution >= 4 is 50.8 Å². The van der Waals surface area contributed by atoms with Gasteiger partial charge in [-0.05, 0) is 61.3 Å². The first-order valence-corrected chi connectivity index (χ1v) is 11.8. The summed E-state index contributed by atoms with van der Waals surface area (Å²) in [5, 5.41) is 0.0851. The molecule has 0 aromatic heterocycles. The lowest BCUT2D eigenvalue weighted by Gasteiger charge is -2.38. The molecule has 3 aliphatic rings. The first kappa shape index (κ1) is 20.6. The van der Waals surface area contributed by atoms with Crippen molar-refractivity contribution < 1.29 is 14.3 Å². The van der Waals surface area contributed by atoms with Gasteiger partial charge in [0.15, 0.2) is 5.54 Å². The molecule has 1 saturated carbocycles. The summed E-state index contributed by atoms with van der Waals surface area (Å²) in [5.74, 6) is -0.304. The number of ether oxygens (including phenoxy) is 1. The van der Waals surface area contributed by atoms with Gasteiger partial charge in [-0.25, -0.2) is 4.90 Å². The number of anilines is 1. The second kappa shape index (κ2) is 7.71. The average molecular weight is 499 g/mol. The molecule has 0 unspecified atom stereocenters. The molecule has 2 aromatic carbocycles. The number of carbonyl (C=O) groups excluding carboxylic acids is 2. The minimum absolute atomic E-state index is 0.0851. The van der Waals surface area contributed by atoms with Crippen molar-refractivity contribution in [3.63, 3.8) is 0 Å². The van der Waals surface area contributed by atoms with Gasteiger partial charge in [-0.1, -0.05) is 53.4 Å². The summed E-state index contributed by atoms with van der Waals surface area (Å²) in [6.45, 7) is 0. The van der Waals surface area contributed by atoms with Gasteiger partial charge in [0.1, 0.15) is 6.10 Å². The van der Waals surface area contributed by atoms with Crippen LogP contribution in [0.3, 0.4) is 0 Å². The first-order valence-electron chi connectivity index (χ1n) is 10.6. The Morgan fingerprint density at radius 1 is 1.10 bits per heavy atom. The number of fused-ring (bicyclic) bond motifs is 2. The Labute approximate surface area is 195 Å². The predicted molar refractivity (Wildman–Crippen MR) is 126 cm³/mol. The number of rotatable bonds is 2. The Morgan fingerprint density at radius 3 is 2.48 bits per heavy atom. The molecule has 1 aliphatic carbocycles. The van der Waals surface area contributed by atoms with Crippen molar-refractivity contribution in [2.24, 2.45) is 5.92 Å². The van der Waals surface area contributed by atoms with Crippen molar-refractivity contribution in [2.75, 3.05) is 11.9 Å². The maximum absolute atomic E-state index is 14.0.